The largest absolute Gasteiger partial charge is 0.489 e. The van der Waals surface area contributed by atoms with Crippen LogP contribution in [-0.4, -0.2) is 5.97 Å². The molecule has 142 valence electrons. The van der Waals surface area contributed by atoms with Gasteiger partial charge in [-0.2, -0.15) is 0 Å². The zero-order valence-electron chi connectivity index (χ0n) is 15.5. The van der Waals surface area contributed by atoms with E-state index in [1.807, 2.05) is 78.9 Å². The van der Waals surface area contributed by atoms with E-state index in [4.69, 9.17) is 14.2 Å². The van der Waals surface area contributed by atoms with E-state index in [-0.39, 0.29) is 6.61 Å². The number of benzene rings is 3. The lowest BCUT2D eigenvalue weighted by Gasteiger charge is -2.13. The van der Waals surface area contributed by atoms with Gasteiger partial charge in [-0.3, -0.25) is 0 Å². The van der Waals surface area contributed by atoms with E-state index in [1.165, 1.54) is 0 Å². The lowest BCUT2D eigenvalue weighted by molar-refractivity contribution is -0.138. The Labute approximate surface area is 165 Å². The van der Waals surface area contributed by atoms with Crippen molar-refractivity contribution in [2.75, 3.05) is 0 Å². The molecule has 0 N–H and O–H groups in total. The molecule has 4 heteroatoms. The van der Waals surface area contributed by atoms with E-state index in [0.29, 0.717) is 24.7 Å². The highest BCUT2D eigenvalue weighted by atomic mass is 16.5. The minimum Gasteiger partial charge on any atom is -0.489 e. The van der Waals surface area contributed by atoms with Crippen molar-refractivity contribution in [1.29, 1.82) is 0 Å². The molecular weight excluding hydrogens is 352 g/mol. The Morgan fingerprint density at radius 3 is 1.68 bits per heavy atom. The first-order chi connectivity index (χ1) is 13.7. The molecule has 0 fully saturated rings. The van der Waals surface area contributed by atoms with E-state index >= 15 is 0 Å². The first-order valence-corrected chi connectivity index (χ1v) is 8.99. The Hall–Kier alpha value is -3.53. The molecule has 0 saturated carbocycles. The number of hydrogen-bond acceptors (Lipinski definition) is 4. The SMILES string of the molecule is C=CC(=O)OCc1cc(OCc2ccccc2)cc(OCc2ccccc2)c1. The molecule has 0 radical (unpaired) electrons. The van der Waals surface area contributed by atoms with Crippen LogP contribution in [0.5, 0.6) is 11.5 Å². The zero-order chi connectivity index (χ0) is 19.6. The number of rotatable bonds is 9. The Kier molecular flexibility index (Phi) is 6.85. The molecular formula is C24H22O4. The summed E-state index contributed by atoms with van der Waals surface area (Å²) in [6, 6.07) is 25.3. The molecule has 0 bridgehead atoms. The third-order valence-corrected chi connectivity index (χ3v) is 3.98. The van der Waals surface area contributed by atoms with Gasteiger partial charge in [0.05, 0.1) is 0 Å². The second-order valence-corrected chi connectivity index (χ2v) is 6.17. The lowest BCUT2D eigenvalue weighted by atomic mass is 10.2. The highest BCUT2D eigenvalue weighted by molar-refractivity contribution is 5.81. The Balaban J connectivity index is 1.72. The van der Waals surface area contributed by atoms with Gasteiger partial charge in [0.2, 0.25) is 0 Å². The highest BCUT2D eigenvalue weighted by Gasteiger charge is 2.07. The molecule has 0 saturated heterocycles. The summed E-state index contributed by atoms with van der Waals surface area (Å²) in [5.74, 6) is 0.834. The van der Waals surface area contributed by atoms with Crippen LogP contribution >= 0.6 is 0 Å². The molecule has 0 heterocycles. The van der Waals surface area contributed by atoms with Crippen molar-refractivity contribution in [2.24, 2.45) is 0 Å². The van der Waals surface area contributed by atoms with Crippen LogP contribution in [0.15, 0.2) is 91.5 Å². The summed E-state index contributed by atoms with van der Waals surface area (Å²) in [5.41, 5.74) is 2.92. The van der Waals surface area contributed by atoms with Crippen molar-refractivity contribution in [3.63, 3.8) is 0 Å². The molecule has 0 spiro atoms. The predicted octanol–water partition coefficient (Wildman–Crippen LogP) is 5.07. The van der Waals surface area contributed by atoms with Crippen LogP contribution in [0.4, 0.5) is 0 Å². The van der Waals surface area contributed by atoms with Gasteiger partial charge in [0.1, 0.15) is 31.3 Å². The standard InChI is InChI=1S/C24H22O4/c1-2-24(25)28-18-21-13-22(26-16-19-9-5-3-6-10-19)15-23(14-21)27-17-20-11-7-4-8-12-20/h2-15H,1,16-18H2. The van der Waals surface area contributed by atoms with Crippen molar-refractivity contribution < 1.29 is 19.0 Å². The second-order valence-electron chi connectivity index (χ2n) is 6.17. The molecule has 28 heavy (non-hydrogen) atoms. The third-order valence-electron chi connectivity index (χ3n) is 3.98. The fourth-order valence-corrected chi connectivity index (χ4v) is 2.58. The maximum atomic E-state index is 11.4. The van der Waals surface area contributed by atoms with Gasteiger partial charge < -0.3 is 14.2 Å². The summed E-state index contributed by atoms with van der Waals surface area (Å²) < 4.78 is 17.0. The summed E-state index contributed by atoms with van der Waals surface area (Å²) in [6.07, 6.45) is 1.14. The predicted molar refractivity (Wildman–Crippen MR) is 108 cm³/mol. The second kappa shape index (κ2) is 9.97. The summed E-state index contributed by atoms with van der Waals surface area (Å²) in [5, 5.41) is 0. The summed E-state index contributed by atoms with van der Waals surface area (Å²) >= 11 is 0. The quantitative estimate of drug-likeness (QED) is 0.387. The maximum Gasteiger partial charge on any atom is 0.330 e. The topological polar surface area (TPSA) is 44.8 Å². The molecule has 0 aromatic heterocycles. The van der Waals surface area contributed by atoms with Crippen LogP contribution in [0.25, 0.3) is 0 Å². The van der Waals surface area contributed by atoms with Crippen LogP contribution < -0.4 is 9.47 Å². The number of carbonyl (C=O) groups excluding carboxylic acids is 1. The third kappa shape index (κ3) is 6.02. The highest BCUT2D eigenvalue weighted by Crippen LogP contribution is 2.25. The number of carbonyl (C=O) groups is 1. The van der Waals surface area contributed by atoms with Gasteiger partial charge in [-0.1, -0.05) is 67.2 Å². The normalized spacial score (nSPS) is 10.1. The average molecular weight is 374 g/mol. The summed E-state index contributed by atoms with van der Waals surface area (Å²) in [6.45, 7) is 4.41. The van der Waals surface area contributed by atoms with Gasteiger partial charge in [-0.05, 0) is 28.8 Å². The van der Waals surface area contributed by atoms with Gasteiger partial charge in [0, 0.05) is 12.1 Å². The van der Waals surface area contributed by atoms with Gasteiger partial charge in [-0.25, -0.2) is 4.79 Å². The van der Waals surface area contributed by atoms with Crippen LogP contribution in [0, 0.1) is 0 Å². The molecule has 0 amide bonds. The maximum absolute atomic E-state index is 11.4. The monoisotopic (exact) mass is 374 g/mol. The number of esters is 1. The van der Waals surface area contributed by atoms with Crippen molar-refractivity contribution in [3.05, 3.63) is 108 Å². The summed E-state index contributed by atoms with van der Waals surface area (Å²) in [4.78, 5) is 11.4. The van der Waals surface area contributed by atoms with E-state index in [1.54, 1.807) is 0 Å². The van der Waals surface area contributed by atoms with Crippen molar-refractivity contribution in [1.82, 2.24) is 0 Å². The van der Waals surface area contributed by atoms with Crippen molar-refractivity contribution >= 4 is 5.97 Å². The van der Waals surface area contributed by atoms with Crippen LogP contribution in [-0.2, 0) is 29.4 Å². The van der Waals surface area contributed by atoms with Gasteiger partial charge in [-0.15, -0.1) is 0 Å². The van der Waals surface area contributed by atoms with Gasteiger partial charge in [0.25, 0.3) is 0 Å². The van der Waals surface area contributed by atoms with E-state index in [2.05, 4.69) is 6.58 Å². The lowest BCUT2D eigenvalue weighted by Crippen LogP contribution is -2.03. The number of hydrogen-bond donors (Lipinski definition) is 0. The van der Waals surface area contributed by atoms with Crippen molar-refractivity contribution in [2.45, 2.75) is 19.8 Å². The Morgan fingerprint density at radius 2 is 1.21 bits per heavy atom. The fraction of sp³-hybridized carbons (Fsp3) is 0.125. The van der Waals surface area contributed by atoms with Crippen LogP contribution in [0.1, 0.15) is 16.7 Å². The Bertz CT molecular complexity index is 843. The molecule has 3 aromatic carbocycles. The van der Waals surface area contributed by atoms with Gasteiger partial charge >= 0.3 is 5.97 Å². The van der Waals surface area contributed by atoms with Gasteiger partial charge in [0.15, 0.2) is 0 Å². The fourth-order valence-electron chi connectivity index (χ4n) is 2.58. The van der Waals surface area contributed by atoms with E-state index in [0.717, 1.165) is 22.8 Å². The molecule has 0 aliphatic heterocycles. The molecule has 4 nitrogen and oxygen atoms in total. The first-order valence-electron chi connectivity index (χ1n) is 8.99. The van der Waals surface area contributed by atoms with E-state index < -0.39 is 5.97 Å². The van der Waals surface area contributed by atoms with Crippen LogP contribution in [0.2, 0.25) is 0 Å². The Morgan fingerprint density at radius 1 is 0.714 bits per heavy atom. The molecule has 3 aromatic rings. The summed E-state index contributed by atoms with van der Waals surface area (Å²) in [7, 11) is 0. The molecule has 0 unspecified atom stereocenters. The minimum absolute atomic E-state index is 0.120. The minimum atomic E-state index is -0.470. The zero-order valence-corrected chi connectivity index (χ0v) is 15.5. The molecule has 0 atom stereocenters. The molecule has 0 aliphatic carbocycles. The van der Waals surface area contributed by atoms with Crippen LogP contribution in [0.3, 0.4) is 0 Å². The smallest absolute Gasteiger partial charge is 0.330 e. The molecule has 0 aliphatic rings. The average Bonchev–Trinajstić information content (AvgIpc) is 2.76. The van der Waals surface area contributed by atoms with Crippen molar-refractivity contribution in [3.8, 4) is 11.5 Å². The first kappa shape index (κ1) is 19.2. The number of ether oxygens (including phenoxy) is 3. The molecule has 3 rings (SSSR count). The van der Waals surface area contributed by atoms with E-state index in [9.17, 15) is 4.79 Å².